The molecule has 0 aromatic heterocycles. The predicted octanol–water partition coefficient (Wildman–Crippen LogP) is -0.696. The van der Waals surface area contributed by atoms with Gasteiger partial charge in [0.2, 0.25) is 17.7 Å². The van der Waals surface area contributed by atoms with Crippen LogP contribution in [0.25, 0.3) is 0 Å². The Morgan fingerprint density at radius 1 is 1.10 bits per heavy atom. The summed E-state index contributed by atoms with van der Waals surface area (Å²) < 4.78 is 0. The number of hydrogen-bond acceptors (Lipinski definition) is 6. The number of carboxylic acids is 2. The smallest absolute Gasteiger partial charge is 0.326 e. The third-order valence-electron chi connectivity index (χ3n) is 5.99. The normalized spacial score (nSPS) is 23.6. The van der Waals surface area contributed by atoms with Gasteiger partial charge in [-0.3, -0.25) is 19.2 Å². The van der Waals surface area contributed by atoms with Crippen molar-refractivity contribution in [3.63, 3.8) is 0 Å². The first-order chi connectivity index (χ1) is 14.6. The van der Waals surface area contributed by atoms with Crippen LogP contribution in [0.5, 0.6) is 0 Å². The fraction of sp³-hybridized carbons (Fsp3) is 0.750. The number of nitrogens with zero attached hydrogens (tertiary/aromatic N) is 1. The summed E-state index contributed by atoms with van der Waals surface area (Å²) in [5, 5.41) is 26.4. The molecular weight excluding hydrogens is 408 g/mol. The molecule has 2 heterocycles. The number of hydrogen-bond donors (Lipinski definition) is 5. The van der Waals surface area contributed by atoms with Crippen LogP contribution in [0, 0.1) is 5.92 Å². The maximum absolute atomic E-state index is 12.9. The lowest BCUT2D eigenvalue weighted by Gasteiger charge is -2.28. The number of nitrogens with one attached hydrogen (secondary N) is 3. The second-order valence-corrected chi connectivity index (χ2v) is 8.21. The Hall–Kier alpha value is -2.69. The molecule has 31 heavy (non-hydrogen) atoms. The van der Waals surface area contributed by atoms with E-state index in [1.807, 2.05) is 0 Å². The highest BCUT2D eigenvalue weighted by atomic mass is 16.4. The fourth-order valence-electron chi connectivity index (χ4n) is 3.99. The molecule has 2 rings (SSSR count). The standard InChI is InChI=1S/C20H32N4O7/c1-3-11(2)16(20(30)31)23-17(27)13(10-15(25)26)22-18(28)14-7-5-9-24(14)19(29)12-6-4-8-21-12/h11-14,16,21H,3-10H2,1-2H3,(H,22,28)(H,23,27)(H,25,26)(H,30,31). The SMILES string of the molecule is CCC(C)C(NC(=O)C(CC(=O)O)NC(=O)C1CCCN1C(=O)C1CCCN1)C(=O)O. The van der Waals surface area contributed by atoms with Gasteiger partial charge in [-0.05, 0) is 38.1 Å². The van der Waals surface area contributed by atoms with Crippen LogP contribution in [0.2, 0.25) is 0 Å². The van der Waals surface area contributed by atoms with Crippen molar-refractivity contribution in [3.05, 3.63) is 0 Å². The van der Waals surface area contributed by atoms with Crippen molar-refractivity contribution in [2.45, 2.75) is 76.5 Å². The summed E-state index contributed by atoms with van der Waals surface area (Å²) in [4.78, 5) is 62.5. The average Bonchev–Trinajstić information content (AvgIpc) is 3.41. The highest BCUT2D eigenvalue weighted by Crippen LogP contribution is 2.21. The Morgan fingerprint density at radius 3 is 2.35 bits per heavy atom. The number of carbonyl (C=O) groups is 5. The van der Waals surface area contributed by atoms with Gasteiger partial charge < -0.3 is 31.1 Å². The fourth-order valence-corrected chi connectivity index (χ4v) is 3.99. The van der Waals surface area contributed by atoms with Crippen LogP contribution in [0.1, 0.15) is 52.4 Å². The molecule has 174 valence electrons. The minimum Gasteiger partial charge on any atom is -0.481 e. The van der Waals surface area contributed by atoms with Crippen LogP contribution in [-0.4, -0.2) is 82.0 Å². The van der Waals surface area contributed by atoms with Gasteiger partial charge in [0.05, 0.1) is 12.5 Å². The van der Waals surface area contributed by atoms with Gasteiger partial charge in [0.25, 0.3) is 0 Å². The van der Waals surface area contributed by atoms with Crippen LogP contribution in [0.4, 0.5) is 0 Å². The van der Waals surface area contributed by atoms with E-state index in [9.17, 15) is 34.2 Å². The van der Waals surface area contributed by atoms with Crippen LogP contribution in [0.3, 0.4) is 0 Å². The van der Waals surface area contributed by atoms with Crippen molar-refractivity contribution in [1.82, 2.24) is 20.9 Å². The summed E-state index contributed by atoms with van der Waals surface area (Å²) in [5.74, 6) is -4.59. The molecule has 2 aliphatic heterocycles. The lowest BCUT2D eigenvalue weighted by atomic mass is 9.98. The lowest BCUT2D eigenvalue weighted by Crippen LogP contribution is -2.57. The molecule has 5 N–H and O–H groups in total. The number of aliphatic carboxylic acids is 2. The maximum atomic E-state index is 12.9. The molecule has 5 atom stereocenters. The van der Waals surface area contributed by atoms with Crippen molar-refractivity contribution in [3.8, 4) is 0 Å². The van der Waals surface area contributed by atoms with E-state index in [-0.39, 0.29) is 17.9 Å². The van der Waals surface area contributed by atoms with E-state index in [4.69, 9.17) is 0 Å². The van der Waals surface area contributed by atoms with E-state index in [2.05, 4.69) is 16.0 Å². The Labute approximate surface area is 180 Å². The van der Waals surface area contributed by atoms with Gasteiger partial charge in [-0.2, -0.15) is 0 Å². The van der Waals surface area contributed by atoms with Crippen molar-refractivity contribution in [2.75, 3.05) is 13.1 Å². The third kappa shape index (κ3) is 6.39. The van der Waals surface area contributed by atoms with E-state index in [0.29, 0.717) is 32.2 Å². The minimum absolute atomic E-state index is 0.169. The number of carboxylic acid groups (broad SMARTS) is 2. The quantitative estimate of drug-likeness (QED) is 0.298. The van der Waals surface area contributed by atoms with Gasteiger partial charge in [0.1, 0.15) is 18.1 Å². The number of amides is 3. The zero-order chi connectivity index (χ0) is 23.1. The van der Waals surface area contributed by atoms with Crippen LogP contribution in [0.15, 0.2) is 0 Å². The first-order valence-corrected chi connectivity index (χ1v) is 10.7. The summed E-state index contributed by atoms with van der Waals surface area (Å²) in [6.07, 6.45) is 2.40. The van der Waals surface area contributed by atoms with Crippen LogP contribution >= 0.6 is 0 Å². The Balaban J connectivity index is 2.08. The molecule has 2 saturated heterocycles. The van der Waals surface area contributed by atoms with E-state index in [1.54, 1.807) is 13.8 Å². The Bertz CT molecular complexity index is 708. The Morgan fingerprint density at radius 2 is 1.81 bits per heavy atom. The van der Waals surface area contributed by atoms with Gasteiger partial charge in [0.15, 0.2) is 0 Å². The number of carbonyl (C=O) groups excluding carboxylic acids is 3. The van der Waals surface area contributed by atoms with E-state index in [1.165, 1.54) is 4.90 Å². The average molecular weight is 440 g/mol. The van der Waals surface area contributed by atoms with E-state index in [0.717, 1.165) is 13.0 Å². The summed E-state index contributed by atoms with van der Waals surface area (Å²) in [5.41, 5.74) is 0. The summed E-state index contributed by atoms with van der Waals surface area (Å²) in [6, 6.07) is -3.77. The second-order valence-electron chi connectivity index (χ2n) is 8.21. The monoisotopic (exact) mass is 440 g/mol. The van der Waals surface area contributed by atoms with Crippen molar-refractivity contribution >= 4 is 29.7 Å². The van der Waals surface area contributed by atoms with Crippen molar-refractivity contribution in [1.29, 1.82) is 0 Å². The van der Waals surface area contributed by atoms with Crippen molar-refractivity contribution in [2.24, 2.45) is 5.92 Å². The summed E-state index contributed by atoms with van der Waals surface area (Å²) in [7, 11) is 0. The second kappa shape index (κ2) is 11.1. The molecule has 3 amide bonds. The molecule has 0 aromatic carbocycles. The van der Waals surface area contributed by atoms with Gasteiger partial charge in [0, 0.05) is 6.54 Å². The zero-order valence-electron chi connectivity index (χ0n) is 17.9. The molecule has 0 saturated carbocycles. The molecule has 0 aliphatic carbocycles. The molecular formula is C20H32N4O7. The first-order valence-electron chi connectivity index (χ1n) is 10.7. The van der Waals surface area contributed by atoms with Gasteiger partial charge in [-0.25, -0.2) is 4.79 Å². The lowest BCUT2D eigenvalue weighted by molar-refractivity contribution is -0.145. The van der Waals surface area contributed by atoms with Gasteiger partial charge in [-0.1, -0.05) is 20.3 Å². The maximum Gasteiger partial charge on any atom is 0.326 e. The van der Waals surface area contributed by atoms with Crippen LogP contribution < -0.4 is 16.0 Å². The molecule has 11 heteroatoms. The van der Waals surface area contributed by atoms with E-state index < -0.39 is 48.3 Å². The number of likely N-dealkylation sites (tertiary alicyclic amines) is 1. The molecule has 0 aromatic rings. The zero-order valence-corrected chi connectivity index (χ0v) is 17.9. The number of rotatable bonds is 10. The molecule has 0 bridgehead atoms. The predicted molar refractivity (Wildman–Crippen MR) is 109 cm³/mol. The van der Waals surface area contributed by atoms with E-state index >= 15 is 0 Å². The van der Waals surface area contributed by atoms with Gasteiger partial charge in [-0.15, -0.1) is 0 Å². The Kier molecular flexibility index (Phi) is 8.78. The molecule has 11 nitrogen and oxygen atoms in total. The van der Waals surface area contributed by atoms with Crippen molar-refractivity contribution < 1.29 is 34.2 Å². The largest absolute Gasteiger partial charge is 0.481 e. The summed E-state index contributed by atoms with van der Waals surface area (Å²) >= 11 is 0. The highest BCUT2D eigenvalue weighted by Gasteiger charge is 2.39. The minimum atomic E-state index is -1.45. The first kappa shape index (κ1) is 24.6. The van der Waals surface area contributed by atoms with Gasteiger partial charge >= 0.3 is 11.9 Å². The summed E-state index contributed by atoms with van der Waals surface area (Å²) in [6.45, 7) is 4.58. The molecule has 0 spiro atoms. The molecule has 2 aliphatic rings. The highest BCUT2D eigenvalue weighted by molar-refractivity contribution is 5.96. The topological polar surface area (TPSA) is 165 Å². The third-order valence-corrected chi connectivity index (χ3v) is 5.99. The molecule has 5 unspecified atom stereocenters. The molecule has 0 radical (unpaired) electrons. The van der Waals surface area contributed by atoms with Crippen LogP contribution in [-0.2, 0) is 24.0 Å². The molecule has 2 fully saturated rings.